The maximum absolute atomic E-state index is 13.2. The highest BCUT2D eigenvalue weighted by Gasteiger charge is 2.35. The average Bonchev–Trinajstić information content (AvgIpc) is 3.26. The summed E-state index contributed by atoms with van der Waals surface area (Å²) in [6, 6.07) is 3.64. The van der Waals surface area contributed by atoms with Crippen LogP contribution >= 0.6 is 0 Å². The van der Waals surface area contributed by atoms with Crippen molar-refractivity contribution in [1.82, 2.24) is 4.31 Å². The summed E-state index contributed by atoms with van der Waals surface area (Å²) < 4.78 is 40.1. The minimum atomic E-state index is -3.56. The van der Waals surface area contributed by atoms with Gasteiger partial charge in [0.2, 0.25) is 10.0 Å². The summed E-state index contributed by atoms with van der Waals surface area (Å²) in [4.78, 5) is 0.0951. The van der Waals surface area contributed by atoms with Gasteiger partial charge in [-0.3, -0.25) is 0 Å². The van der Waals surface area contributed by atoms with Crippen LogP contribution in [0.25, 0.3) is 0 Å². The topological polar surface area (TPSA) is 63.4 Å². The van der Waals surface area contributed by atoms with Gasteiger partial charge in [-0.25, -0.2) is 12.8 Å². The fourth-order valence-electron chi connectivity index (χ4n) is 2.28. The van der Waals surface area contributed by atoms with Crippen LogP contribution in [0, 0.1) is 17.7 Å². The molecular weight excluding hydrogens is 279 g/mol. The lowest BCUT2D eigenvalue weighted by molar-refractivity contribution is 0.382. The molecule has 0 heterocycles. The molecule has 0 radical (unpaired) electrons. The highest BCUT2D eigenvalue weighted by molar-refractivity contribution is 7.89. The van der Waals surface area contributed by atoms with E-state index in [1.165, 1.54) is 12.1 Å². The van der Waals surface area contributed by atoms with Gasteiger partial charge in [0.25, 0.3) is 0 Å². The van der Waals surface area contributed by atoms with Gasteiger partial charge in [0.05, 0.1) is 10.6 Å². The summed E-state index contributed by atoms with van der Waals surface area (Å²) in [7, 11) is -3.56. The van der Waals surface area contributed by atoms with E-state index in [2.05, 4.69) is 0 Å². The van der Waals surface area contributed by atoms with Gasteiger partial charge in [-0.15, -0.1) is 0 Å². The van der Waals surface area contributed by atoms with E-state index in [4.69, 9.17) is 5.73 Å². The molecule has 1 aromatic rings. The lowest BCUT2D eigenvalue weighted by Crippen LogP contribution is -2.34. The fraction of sp³-hybridized carbons (Fsp3) is 0.571. The van der Waals surface area contributed by atoms with Gasteiger partial charge >= 0.3 is 0 Å². The summed E-state index contributed by atoms with van der Waals surface area (Å²) in [6.07, 6.45) is 4.40. The fourth-order valence-corrected chi connectivity index (χ4v) is 3.91. The first-order chi connectivity index (χ1) is 9.46. The number of sulfonamides is 1. The van der Waals surface area contributed by atoms with Crippen LogP contribution in [0.3, 0.4) is 0 Å². The number of nitrogens with two attached hydrogens (primary N) is 1. The Hall–Kier alpha value is -1.14. The second-order valence-corrected chi connectivity index (χ2v) is 7.83. The van der Waals surface area contributed by atoms with Crippen molar-refractivity contribution in [2.75, 3.05) is 18.8 Å². The predicted molar refractivity (Wildman–Crippen MR) is 75.0 cm³/mol. The van der Waals surface area contributed by atoms with Crippen LogP contribution in [0.15, 0.2) is 23.1 Å². The molecule has 0 aromatic heterocycles. The third-order valence-corrected chi connectivity index (χ3v) is 5.75. The quantitative estimate of drug-likeness (QED) is 0.819. The van der Waals surface area contributed by atoms with E-state index in [1.54, 1.807) is 4.31 Å². The van der Waals surface area contributed by atoms with Crippen LogP contribution < -0.4 is 5.73 Å². The van der Waals surface area contributed by atoms with Crippen molar-refractivity contribution >= 4 is 15.7 Å². The lowest BCUT2D eigenvalue weighted by Gasteiger charge is -2.22. The normalized spacial score (nSPS) is 19.5. The highest BCUT2D eigenvalue weighted by atomic mass is 32.2. The van der Waals surface area contributed by atoms with Gasteiger partial charge in [-0.2, -0.15) is 4.31 Å². The van der Waals surface area contributed by atoms with Crippen molar-refractivity contribution in [3.63, 3.8) is 0 Å². The van der Waals surface area contributed by atoms with E-state index in [0.717, 1.165) is 31.7 Å². The molecule has 3 rings (SSSR count). The predicted octanol–water partition coefficient (Wildman–Crippen LogP) is 2.22. The van der Waals surface area contributed by atoms with Crippen LogP contribution in [0.5, 0.6) is 0 Å². The standard InChI is InChI=1S/C14H19FN2O2S/c15-13-6-5-12(7-14(13)16)20(18,19)17(8-10-1-2-10)9-11-3-4-11/h5-7,10-11H,1-4,8-9,16H2. The first-order valence-corrected chi connectivity index (χ1v) is 8.46. The second-order valence-electron chi connectivity index (χ2n) is 5.89. The zero-order valence-electron chi connectivity index (χ0n) is 11.3. The van der Waals surface area contributed by atoms with Gasteiger partial charge < -0.3 is 5.73 Å². The molecule has 0 bridgehead atoms. The molecule has 0 amide bonds. The van der Waals surface area contributed by atoms with Crippen molar-refractivity contribution < 1.29 is 12.8 Å². The van der Waals surface area contributed by atoms with Gasteiger partial charge in [-0.05, 0) is 55.7 Å². The molecule has 0 unspecified atom stereocenters. The molecule has 2 aliphatic carbocycles. The Bertz CT molecular complexity index is 596. The van der Waals surface area contributed by atoms with Gasteiger partial charge in [0, 0.05) is 13.1 Å². The monoisotopic (exact) mass is 298 g/mol. The molecule has 0 saturated heterocycles. The summed E-state index contributed by atoms with van der Waals surface area (Å²) in [5.41, 5.74) is 5.37. The van der Waals surface area contributed by atoms with Gasteiger partial charge in [-0.1, -0.05) is 0 Å². The molecule has 2 aliphatic rings. The Morgan fingerprint density at radius 2 is 1.70 bits per heavy atom. The lowest BCUT2D eigenvalue weighted by atomic mass is 10.3. The molecule has 0 aliphatic heterocycles. The maximum Gasteiger partial charge on any atom is 0.243 e. The third kappa shape index (κ3) is 2.96. The Morgan fingerprint density at radius 3 is 2.15 bits per heavy atom. The van der Waals surface area contributed by atoms with Gasteiger partial charge in [0.15, 0.2) is 0 Å². The number of hydrogen-bond donors (Lipinski definition) is 1. The smallest absolute Gasteiger partial charge is 0.243 e. The Morgan fingerprint density at radius 1 is 1.15 bits per heavy atom. The van der Waals surface area contributed by atoms with Crippen molar-refractivity contribution in [1.29, 1.82) is 0 Å². The number of anilines is 1. The van der Waals surface area contributed by atoms with Crippen molar-refractivity contribution in [2.24, 2.45) is 11.8 Å². The molecule has 6 heteroatoms. The van der Waals surface area contributed by atoms with E-state index in [9.17, 15) is 12.8 Å². The molecular formula is C14H19FN2O2S. The van der Waals surface area contributed by atoms with Crippen molar-refractivity contribution in [3.8, 4) is 0 Å². The van der Waals surface area contributed by atoms with Crippen molar-refractivity contribution in [3.05, 3.63) is 24.0 Å². The summed E-state index contributed by atoms with van der Waals surface area (Å²) in [5.74, 6) is 0.391. The molecule has 2 saturated carbocycles. The summed E-state index contributed by atoms with van der Waals surface area (Å²) >= 11 is 0. The maximum atomic E-state index is 13.2. The van der Waals surface area contributed by atoms with Crippen LogP contribution in [0.1, 0.15) is 25.7 Å². The van der Waals surface area contributed by atoms with Crippen LogP contribution in [-0.4, -0.2) is 25.8 Å². The zero-order chi connectivity index (χ0) is 14.3. The third-order valence-electron chi connectivity index (χ3n) is 3.92. The average molecular weight is 298 g/mol. The number of halogens is 1. The van der Waals surface area contributed by atoms with Crippen molar-refractivity contribution in [2.45, 2.75) is 30.6 Å². The Labute approximate surface area is 118 Å². The minimum absolute atomic E-state index is 0.0951. The van der Waals surface area contributed by atoms with E-state index in [0.29, 0.717) is 24.9 Å². The molecule has 0 spiro atoms. The minimum Gasteiger partial charge on any atom is -0.396 e. The molecule has 2 N–H and O–H groups in total. The highest BCUT2D eigenvalue weighted by Crippen LogP contribution is 2.36. The number of nitrogens with zero attached hydrogens (tertiary/aromatic N) is 1. The summed E-state index contributed by atoms with van der Waals surface area (Å²) in [5, 5.41) is 0. The van der Waals surface area contributed by atoms with Gasteiger partial charge in [0.1, 0.15) is 5.82 Å². The molecule has 2 fully saturated rings. The van der Waals surface area contributed by atoms with E-state index < -0.39 is 15.8 Å². The van der Waals surface area contributed by atoms with Crippen LogP contribution in [0.4, 0.5) is 10.1 Å². The largest absolute Gasteiger partial charge is 0.396 e. The Balaban J connectivity index is 1.86. The summed E-state index contributed by atoms with van der Waals surface area (Å²) in [6.45, 7) is 1.16. The number of benzene rings is 1. The first kappa shape index (κ1) is 13.8. The molecule has 0 atom stereocenters. The number of nitrogen functional groups attached to an aromatic ring is 1. The van der Waals surface area contributed by atoms with Crippen LogP contribution in [-0.2, 0) is 10.0 Å². The molecule has 4 nitrogen and oxygen atoms in total. The molecule has 20 heavy (non-hydrogen) atoms. The second kappa shape index (κ2) is 5.00. The van der Waals surface area contributed by atoms with E-state index >= 15 is 0 Å². The number of rotatable bonds is 6. The van der Waals surface area contributed by atoms with Crippen LogP contribution in [0.2, 0.25) is 0 Å². The Kier molecular flexibility index (Phi) is 3.46. The zero-order valence-corrected chi connectivity index (χ0v) is 12.1. The SMILES string of the molecule is Nc1cc(S(=O)(=O)N(CC2CC2)CC2CC2)ccc1F. The number of hydrogen-bond acceptors (Lipinski definition) is 3. The molecule has 110 valence electrons. The first-order valence-electron chi connectivity index (χ1n) is 7.02. The van der Waals surface area contributed by atoms with E-state index in [-0.39, 0.29) is 10.6 Å². The van der Waals surface area contributed by atoms with E-state index in [1.807, 2.05) is 0 Å². The molecule has 1 aromatic carbocycles.